The Kier molecular flexibility index (Phi) is 5.58. The van der Waals surface area contributed by atoms with Crippen molar-refractivity contribution in [1.82, 2.24) is 14.9 Å². The molecule has 1 aromatic rings. The van der Waals surface area contributed by atoms with Gasteiger partial charge in [0.2, 0.25) is 0 Å². The van der Waals surface area contributed by atoms with Gasteiger partial charge in [0.05, 0.1) is 16.8 Å². The molecule has 0 aliphatic carbocycles. The topological polar surface area (TPSA) is 66.3 Å². The van der Waals surface area contributed by atoms with E-state index in [1.54, 1.807) is 13.8 Å². The number of carbonyl (C=O) groups excluding carboxylic acids is 1. The Balaban J connectivity index is 3.03. The van der Waals surface area contributed by atoms with Gasteiger partial charge in [-0.05, 0) is 27.0 Å². The zero-order chi connectivity index (χ0) is 14.6. The summed E-state index contributed by atoms with van der Waals surface area (Å²) < 4.78 is 0. The molecule has 19 heavy (non-hydrogen) atoms. The molecule has 0 aliphatic rings. The molecule has 0 spiro atoms. The van der Waals surface area contributed by atoms with Crippen molar-refractivity contribution in [2.75, 3.05) is 19.3 Å². The van der Waals surface area contributed by atoms with Crippen LogP contribution in [0.4, 0.5) is 0 Å². The minimum absolute atomic E-state index is 0.173. The maximum atomic E-state index is 12.4. The van der Waals surface area contributed by atoms with Crippen LogP contribution in [0.2, 0.25) is 5.02 Å². The van der Waals surface area contributed by atoms with Crippen LogP contribution in [0.1, 0.15) is 31.3 Å². The van der Waals surface area contributed by atoms with Crippen LogP contribution in [-0.4, -0.2) is 50.8 Å². The maximum Gasteiger partial charge on any atom is 0.274 e. The Bertz CT molecular complexity index is 463. The molecular weight excluding hydrogens is 286 g/mol. The predicted molar refractivity (Wildman–Crippen MR) is 76.7 cm³/mol. The molecule has 1 heterocycles. The number of aromatic nitrogens is 2. The minimum atomic E-state index is -0.965. The van der Waals surface area contributed by atoms with E-state index in [1.807, 2.05) is 13.2 Å². The number of hydrogen-bond donors (Lipinski definition) is 1. The van der Waals surface area contributed by atoms with Crippen LogP contribution in [0, 0.1) is 0 Å². The number of nitrogens with zero attached hydrogens (tertiary/aromatic N) is 3. The van der Waals surface area contributed by atoms with Crippen LogP contribution in [0.3, 0.4) is 0 Å². The first kappa shape index (κ1) is 16.2. The van der Waals surface area contributed by atoms with Crippen LogP contribution < -0.4 is 0 Å². The highest BCUT2D eigenvalue weighted by Gasteiger charge is 2.25. The molecule has 0 saturated carbocycles. The lowest BCUT2D eigenvalue weighted by molar-refractivity contribution is 0.0311. The van der Waals surface area contributed by atoms with E-state index in [-0.39, 0.29) is 23.2 Å². The van der Waals surface area contributed by atoms with E-state index in [0.29, 0.717) is 11.7 Å². The van der Waals surface area contributed by atoms with E-state index < -0.39 is 5.60 Å². The highest BCUT2D eigenvalue weighted by molar-refractivity contribution is 7.98. The van der Waals surface area contributed by atoms with Crippen LogP contribution in [0.25, 0.3) is 0 Å². The van der Waals surface area contributed by atoms with E-state index in [2.05, 4.69) is 9.97 Å². The molecule has 0 radical (unpaired) electrons. The van der Waals surface area contributed by atoms with Crippen molar-refractivity contribution in [3.8, 4) is 0 Å². The first-order valence-electron chi connectivity index (χ1n) is 5.86. The van der Waals surface area contributed by atoms with Gasteiger partial charge in [0.15, 0.2) is 10.9 Å². The summed E-state index contributed by atoms with van der Waals surface area (Å²) in [6.07, 6.45) is 3.25. The summed E-state index contributed by atoms with van der Waals surface area (Å²) in [4.78, 5) is 22.0. The molecule has 0 aromatic carbocycles. The molecule has 7 heteroatoms. The molecule has 0 unspecified atom stereocenters. The standard InChI is InChI=1S/C12H18ClN3O2S/c1-5-16(7-12(2,3)18)10(17)9-8(13)6-14-11(15-9)19-4/h6,18H,5,7H2,1-4H3. The molecule has 0 bridgehead atoms. The van der Waals surface area contributed by atoms with Crippen molar-refractivity contribution in [2.24, 2.45) is 0 Å². The summed E-state index contributed by atoms with van der Waals surface area (Å²) in [6.45, 7) is 5.83. The molecule has 5 nitrogen and oxygen atoms in total. The average molecular weight is 304 g/mol. The van der Waals surface area contributed by atoms with Crippen molar-refractivity contribution < 1.29 is 9.90 Å². The third kappa shape index (κ3) is 4.63. The van der Waals surface area contributed by atoms with Gasteiger partial charge in [-0.2, -0.15) is 0 Å². The van der Waals surface area contributed by atoms with Gasteiger partial charge in [-0.25, -0.2) is 9.97 Å². The number of rotatable bonds is 5. The second-order valence-corrected chi connectivity index (χ2v) is 5.87. The van der Waals surface area contributed by atoms with Crippen LogP contribution in [0.5, 0.6) is 0 Å². The first-order chi connectivity index (χ1) is 8.78. The van der Waals surface area contributed by atoms with Crippen molar-refractivity contribution >= 4 is 29.3 Å². The van der Waals surface area contributed by atoms with E-state index >= 15 is 0 Å². The summed E-state index contributed by atoms with van der Waals surface area (Å²) in [5.74, 6) is -0.299. The fourth-order valence-electron chi connectivity index (χ4n) is 1.54. The minimum Gasteiger partial charge on any atom is -0.389 e. The molecule has 1 rings (SSSR count). The second-order valence-electron chi connectivity index (χ2n) is 4.69. The lowest BCUT2D eigenvalue weighted by Crippen LogP contribution is -2.42. The molecule has 106 valence electrons. The second kappa shape index (κ2) is 6.54. The number of carbonyl (C=O) groups is 1. The maximum absolute atomic E-state index is 12.4. The van der Waals surface area contributed by atoms with Gasteiger partial charge in [-0.15, -0.1) is 0 Å². The smallest absolute Gasteiger partial charge is 0.274 e. The van der Waals surface area contributed by atoms with E-state index in [9.17, 15) is 9.90 Å². The van der Waals surface area contributed by atoms with Crippen molar-refractivity contribution in [1.29, 1.82) is 0 Å². The van der Waals surface area contributed by atoms with Gasteiger partial charge in [0.25, 0.3) is 5.91 Å². The fraction of sp³-hybridized carbons (Fsp3) is 0.583. The SMILES string of the molecule is CCN(CC(C)(C)O)C(=O)c1nc(SC)ncc1Cl. The molecule has 1 aromatic heterocycles. The van der Waals surface area contributed by atoms with E-state index in [0.717, 1.165) is 0 Å². The molecule has 0 saturated heterocycles. The Morgan fingerprint density at radius 2 is 2.21 bits per heavy atom. The van der Waals surface area contributed by atoms with Crippen molar-refractivity contribution in [3.05, 3.63) is 16.9 Å². The lowest BCUT2D eigenvalue weighted by atomic mass is 10.1. The van der Waals surface area contributed by atoms with E-state index in [1.165, 1.54) is 22.9 Å². The van der Waals surface area contributed by atoms with Gasteiger partial charge in [0.1, 0.15) is 0 Å². The Labute approximate surface area is 122 Å². The predicted octanol–water partition coefficient (Wildman–Crippen LogP) is 2.08. The summed E-state index contributed by atoms with van der Waals surface area (Å²) in [7, 11) is 0. The third-order valence-electron chi connectivity index (χ3n) is 2.35. The first-order valence-corrected chi connectivity index (χ1v) is 7.47. The monoisotopic (exact) mass is 303 g/mol. The number of thioether (sulfide) groups is 1. The number of aliphatic hydroxyl groups is 1. The third-order valence-corrected chi connectivity index (χ3v) is 3.19. The molecule has 0 aliphatic heterocycles. The van der Waals surface area contributed by atoms with Gasteiger partial charge in [0, 0.05) is 13.1 Å². The number of halogens is 1. The normalized spacial score (nSPS) is 11.5. The average Bonchev–Trinajstić information content (AvgIpc) is 2.34. The van der Waals surface area contributed by atoms with Crippen LogP contribution in [-0.2, 0) is 0 Å². The quantitative estimate of drug-likeness (QED) is 0.666. The largest absolute Gasteiger partial charge is 0.389 e. The number of likely N-dealkylation sites (N-methyl/N-ethyl adjacent to an activating group) is 1. The van der Waals surface area contributed by atoms with Crippen molar-refractivity contribution in [2.45, 2.75) is 31.5 Å². The fourth-order valence-corrected chi connectivity index (χ4v) is 2.06. The molecule has 0 fully saturated rings. The van der Waals surface area contributed by atoms with Crippen LogP contribution >= 0.6 is 23.4 Å². The van der Waals surface area contributed by atoms with Gasteiger partial charge in [-0.1, -0.05) is 23.4 Å². The van der Waals surface area contributed by atoms with Crippen LogP contribution in [0.15, 0.2) is 11.4 Å². The summed E-state index contributed by atoms with van der Waals surface area (Å²) >= 11 is 7.32. The molecule has 0 atom stereocenters. The number of amides is 1. The molecular formula is C12H18ClN3O2S. The Hall–Kier alpha value is -0.850. The van der Waals surface area contributed by atoms with E-state index in [4.69, 9.17) is 11.6 Å². The summed E-state index contributed by atoms with van der Waals surface area (Å²) in [5.41, 5.74) is -0.792. The summed E-state index contributed by atoms with van der Waals surface area (Å²) in [5, 5.41) is 10.5. The summed E-state index contributed by atoms with van der Waals surface area (Å²) in [6, 6.07) is 0. The van der Waals surface area contributed by atoms with Gasteiger partial charge >= 0.3 is 0 Å². The van der Waals surface area contributed by atoms with Crippen molar-refractivity contribution in [3.63, 3.8) is 0 Å². The van der Waals surface area contributed by atoms with Gasteiger partial charge < -0.3 is 10.0 Å². The highest BCUT2D eigenvalue weighted by Crippen LogP contribution is 2.19. The molecule has 1 amide bonds. The zero-order valence-electron chi connectivity index (χ0n) is 11.5. The van der Waals surface area contributed by atoms with Gasteiger partial charge in [-0.3, -0.25) is 4.79 Å². The Morgan fingerprint density at radius 1 is 1.58 bits per heavy atom. The molecule has 1 N–H and O–H groups in total. The zero-order valence-corrected chi connectivity index (χ0v) is 13.0. The number of hydrogen-bond acceptors (Lipinski definition) is 5. The lowest BCUT2D eigenvalue weighted by Gasteiger charge is -2.28. The highest BCUT2D eigenvalue weighted by atomic mass is 35.5. The Morgan fingerprint density at radius 3 is 2.68 bits per heavy atom.